The van der Waals surface area contributed by atoms with Crippen LogP contribution in [-0.2, 0) is 0 Å². The third kappa shape index (κ3) is 8.18. The lowest BCUT2D eigenvalue weighted by molar-refractivity contribution is 0.787. The first-order valence-electron chi connectivity index (χ1n) is 20.9. The van der Waals surface area contributed by atoms with Crippen molar-refractivity contribution in [2.75, 3.05) is 25.8 Å². The maximum absolute atomic E-state index is 3.59. The minimum Gasteiger partial charge on any atom is -0.356 e. The molecule has 294 valence electrons. The Labute approximate surface area is 357 Å². The van der Waals surface area contributed by atoms with Gasteiger partial charge in [-0.1, -0.05) is 115 Å². The summed E-state index contributed by atoms with van der Waals surface area (Å²) >= 11 is 0. The van der Waals surface area contributed by atoms with Gasteiger partial charge in [-0.15, -0.1) is 0 Å². The molecule has 0 bridgehead atoms. The van der Waals surface area contributed by atoms with Crippen LogP contribution in [0.5, 0.6) is 0 Å². The summed E-state index contributed by atoms with van der Waals surface area (Å²) in [4.78, 5) is 4.78. The molecule has 0 radical (unpaired) electrons. The van der Waals surface area contributed by atoms with Crippen LogP contribution in [0.25, 0.3) is 21.5 Å². The highest BCUT2D eigenvalue weighted by Crippen LogP contribution is 2.40. The fourth-order valence-corrected chi connectivity index (χ4v) is 8.27. The largest absolute Gasteiger partial charge is 0.356 e. The Morgan fingerprint density at radius 1 is 0.344 bits per heavy atom. The molecule has 9 aromatic rings. The molecule has 3 N–H and O–H groups in total. The van der Waals surface area contributed by atoms with Crippen LogP contribution in [0.4, 0.5) is 62.6 Å². The highest BCUT2D eigenvalue weighted by molar-refractivity contribution is 5.99. The third-order valence-electron chi connectivity index (χ3n) is 11.2. The molecular formula is C56H45N5. The van der Waals surface area contributed by atoms with E-state index in [1.165, 1.54) is 27.2 Å². The predicted octanol–water partition coefficient (Wildman–Crippen LogP) is 15.7. The fraction of sp³-hybridized carbons (Fsp3) is 0.0357. The smallest absolute Gasteiger partial charge is 0.0560 e. The maximum atomic E-state index is 3.59. The summed E-state index contributed by atoms with van der Waals surface area (Å²) in [5, 5.41) is 15.6. The molecule has 5 heteroatoms. The number of para-hydroxylation sites is 1. The molecule has 0 heterocycles. The van der Waals surface area contributed by atoms with E-state index in [1.54, 1.807) is 0 Å². The Hall–Kier alpha value is -8.02. The Morgan fingerprint density at radius 3 is 1.26 bits per heavy atom. The van der Waals surface area contributed by atoms with Gasteiger partial charge in [-0.3, -0.25) is 0 Å². The zero-order valence-electron chi connectivity index (χ0n) is 33.7. The van der Waals surface area contributed by atoms with E-state index in [0.29, 0.717) is 0 Å². The van der Waals surface area contributed by atoms with Gasteiger partial charge in [-0.2, -0.15) is 0 Å². The lowest BCUT2D eigenvalue weighted by atomic mass is 10.0. The SMILES string of the molecule is C1=CCC(N(c2ccc(Nc3ccc(Nc4ccc(Nc5ccc(N(c6ccccc6)c6cccc7ccccc67)cc5)cc4)cc3)cc2)c2cccc3ccccc23)C=C1. The highest BCUT2D eigenvalue weighted by atomic mass is 15.2. The molecule has 0 aromatic heterocycles. The minimum absolute atomic E-state index is 0.235. The predicted molar refractivity (Wildman–Crippen MR) is 261 cm³/mol. The molecule has 1 unspecified atom stereocenters. The van der Waals surface area contributed by atoms with Crippen LogP contribution < -0.4 is 25.8 Å². The Kier molecular flexibility index (Phi) is 10.4. The molecule has 1 atom stereocenters. The summed E-state index contributed by atoms with van der Waals surface area (Å²) in [6, 6.07) is 75.2. The standard InChI is InChI=1S/C56H45N5/c1-3-17-49(18-4-1)60(55-23-11-15-41-13-7-9-21-53(41)55)51-37-33-47(34-38-51)58-45-29-25-43(26-30-45)57-44-27-31-46(32-28-44)59-48-35-39-52(40-36-48)61(50-19-5-2-6-20-50)56-24-12-16-42-14-8-10-22-54(42)56/h1-19,21-40,50,57-59H,20H2. The van der Waals surface area contributed by atoms with E-state index >= 15 is 0 Å². The average molecular weight is 788 g/mol. The number of hydrogen-bond acceptors (Lipinski definition) is 5. The molecule has 9 aromatic carbocycles. The Morgan fingerprint density at radius 2 is 0.754 bits per heavy atom. The van der Waals surface area contributed by atoms with Gasteiger partial charge in [0.25, 0.3) is 0 Å². The van der Waals surface area contributed by atoms with Crippen molar-refractivity contribution >= 4 is 84.1 Å². The van der Waals surface area contributed by atoms with Gasteiger partial charge in [0.05, 0.1) is 11.7 Å². The maximum Gasteiger partial charge on any atom is 0.0560 e. The summed E-state index contributed by atoms with van der Waals surface area (Å²) in [6.45, 7) is 0. The topological polar surface area (TPSA) is 42.6 Å². The van der Waals surface area contributed by atoms with E-state index in [-0.39, 0.29) is 6.04 Å². The quantitative estimate of drug-likeness (QED) is 0.115. The summed E-state index contributed by atoms with van der Waals surface area (Å²) in [5.74, 6) is 0. The second-order valence-corrected chi connectivity index (χ2v) is 15.3. The summed E-state index contributed by atoms with van der Waals surface area (Å²) in [6.07, 6.45) is 9.79. The molecule has 1 aliphatic carbocycles. The molecule has 0 saturated heterocycles. The molecule has 10 rings (SSSR count). The van der Waals surface area contributed by atoms with Crippen molar-refractivity contribution < 1.29 is 0 Å². The average Bonchev–Trinajstić information content (AvgIpc) is 3.32. The van der Waals surface area contributed by atoms with Crippen molar-refractivity contribution in [2.24, 2.45) is 0 Å². The van der Waals surface area contributed by atoms with Crippen molar-refractivity contribution in [3.63, 3.8) is 0 Å². The summed E-state index contributed by atoms with van der Waals surface area (Å²) < 4.78 is 0. The number of fused-ring (bicyclic) bond motifs is 2. The van der Waals surface area contributed by atoms with Crippen molar-refractivity contribution in [3.8, 4) is 0 Å². The number of benzene rings is 9. The minimum atomic E-state index is 0.235. The van der Waals surface area contributed by atoms with Gasteiger partial charge >= 0.3 is 0 Å². The molecule has 0 aliphatic heterocycles. The van der Waals surface area contributed by atoms with Gasteiger partial charge in [0, 0.05) is 67.6 Å². The molecule has 1 aliphatic rings. The number of hydrogen-bond donors (Lipinski definition) is 3. The molecule has 5 nitrogen and oxygen atoms in total. The van der Waals surface area contributed by atoms with Gasteiger partial charge in [-0.25, -0.2) is 0 Å². The zero-order chi connectivity index (χ0) is 40.8. The lowest BCUT2D eigenvalue weighted by Crippen LogP contribution is -2.29. The van der Waals surface area contributed by atoms with Crippen molar-refractivity contribution in [1.82, 2.24) is 0 Å². The number of rotatable bonds is 12. The van der Waals surface area contributed by atoms with E-state index in [0.717, 1.165) is 63.3 Å². The molecule has 61 heavy (non-hydrogen) atoms. The molecule has 0 amide bonds. The van der Waals surface area contributed by atoms with Crippen LogP contribution in [0.3, 0.4) is 0 Å². The van der Waals surface area contributed by atoms with Crippen LogP contribution in [0.1, 0.15) is 6.42 Å². The number of nitrogens with zero attached hydrogens (tertiary/aromatic N) is 2. The number of allylic oxidation sites excluding steroid dienone is 2. The van der Waals surface area contributed by atoms with E-state index < -0.39 is 0 Å². The van der Waals surface area contributed by atoms with Crippen LogP contribution in [0.2, 0.25) is 0 Å². The molecule has 0 fully saturated rings. The number of anilines is 11. The van der Waals surface area contributed by atoms with Crippen LogP contribution in [-0.4, -0.2) is 6.04 Å². The van der Waals surface area contributed by atoms with Crippen molar-refractivity contribution in [3.05, 3.63) is 237 Å². The Balaban J connectivity index is 0.786. The first-order chi connectivity index (χ1) is 30.2. The number of nitrogens with one attached hydrogen (secondary N) is 3. The monoisotopic (exact) mass is 787 g/mol. The van der Waals surface area contributed by atoms with Crippen molar-refractivity contribution in [2.45, 2.75) is 12.5 Å². The van der Waals surface area contributed by atoms with Crippen LogP contribution in [0.15, 0.2) is 237 Å². The third-order valence-corrected chi connectivity index (χ3v) is 11.2. The lowest BCUT2D eigenvalue weighted by Gasteiger charge is -2.33. The highest BCUT2D eigenvalue weighted by Gasteiger charge is 2.21. The van der Waals surface area contributed by atoms with Crippen molar-refractivity contribution in [1.29, 1.82) is 0 Å². The Bertz CT molecular complexity index is 2950. The summed E-state index contributed by atoms with van der Waals surface area (Å²) in [5.41, 5.74) is 11.9. The van der Waals surface area contributed by atoms with Gasteiger partial charge in [0.1, 0.15) is 0 Å². The van der Waals surface area contributed by atoms with Gasteiger partial charge in [0.15, 0.2) is 0 Å². The van der Waals surface area contributed by atoms with E-state index in [2.05, 4.69) is 262 Å². The zero-order valence-corrected chi connectivity index (χ0v) is 33.7. The molecular weight excluding hydrogens is 743 g/mol. The van der Waals surface area contributed by atoms with Gasteiger partial charge in [-0.05, 0) is 139 Å². The van der Waals surface area contributed by atoms with Crippen LogP contribution in [0, 0.1) is 0 Å². The van der Waals surface area contributed by atoms with E-state index in [9.17, 15) is 0 Å². The first-order valence-corrected chi connectivity index (χ1v) is 20.9. The second-order valence-electron chi connectivity index (χ2n) is 15.3. The van der Waals surface area contributed by atoms with E-state index in [4.69, 9.17) is 0 Å². The summed E-state index contributed by atoms with van der Waals surface area (Å²) in [7, 11) is 0. The molecule has 0 spiro atoms. The van der Waals surface area contributed by atoms with Gasteiger partial charge in [0.2, 0.25) is 0 Å². The molecule has 0 saturated carbocycles. The van der Waals surface area contributed by atoms with E-state index in [1.807, 2.05) is 0 Å². The first kappa shape index (κ1) is 37.3. The fourth-order valence-electron chi connectivity index (χ4n) is 8.27. The second kappa shape index (κ2) is 17.1. The normalized spacial score (nSPS) is 13.2. The van der Waals surface area contributed by atoms with Gasteiger partial charge < -0.3 is 25.8 Å². The van der Waals surface area contributed by atoms with Crippen LogP contribution >= 0.6 is 0 Å².